The molecule has 1 aromatic carbocycles. The fraction of sp³-hybridized carbons (Fsp3) is 0.0556. The van der Waals surface area contributed by atoms with Crippen molar-refractivity contribution >= 4 is 17.0 Å². The van der Waals surface area contributed by atoms with Crippen LogP contribution in [0.15, 0.2) is 59.6 Å². The van der Waals surface area contributed by atoms with Crippen molar-refractivity contribution in [2.75, 3.05) is 0 Å². The largest absolute Gasteiger partial charge is 0.306 e. The predicted octanol–water partition coefficient (Wildman–Crippen LogP) is 5.18. The van der Waals surface area contributed by atoms with Gasteiger partial charge in [0.15, 0.2) is 0 Å². The van der Waals surface area contributed by atoms with Crippen LogP contribution in [0.25, 0.3) is 28.0 Å². The molecule has 4 heteroatoms. The lowest BCUT2D eigenvalue weighted by molar-refractivity contribution is 0.628. The van der Waals surface area contributed by atoms with Gasteiger partial charge in [-0.25, -0.2) is 9.37 Å². The number of rotatable bonds is 2. The molecule has 0 aliphatic carbocycles. The zero-order chi connectivity index (χ0) is 15.1. The molecule has 4 rings (SSSR count). The van der Waals surface area contributed by atoms with Gasteiger partial charge in [0.2, 0.25) is 0 Å². The van der Waals surface area contributed by atoms with Crippen molar-refractivity contribution in [3.8, 4) is 22.4 Å². The number of pyridine rings is 1. The summed E-state index contributed by atoms with van der Waals surface area (Å²) < 4.78 is 15.1. The number of hydrogen-bond acceptors (Lipinski definition) is 2. The average molecular weight is 308 g/mol. The SMILES string of the molecule is Cc1cc(-c2ccsc2)c2nc(-c3ccc(F)cc3)cn2c1. The molecule has 0 saturated heterocycles. The Hall–Kier alpha value is -2.46. The van der Waals surface area contributed by atoms with E-state index in [1.807, 2.05) is 10.6 Å². The molecule has 0 bridgehead atoms. The van der Waals surface area contributed by atoms with E-state index in [2.05, 4.69) is 36.0 Å². The molecular formula is C18H13FN2S. The Morgan fingerprint density at radius 3 is 2.59 bits per heavy atom. The van der Waals surface area contributed by atoms with Crippen LogP contribution in [0.5, 0.6) is 0 Å². The number of halogens is 1. The molecule has 0 aliphatic rings. The highest BCUT2D eigenvalue weighted by Crippen LogP contribution is 2.29. The van der Waals surface area contributed by atoms with E-state index in [-0.39, 0.29) is 5.82 Å². The van der Waals surface area contributed by atoms with Gasteiger partial charge in [-0.15, -0.1) is 0 Å². The molecule has 0 saturated carbocycles. The molecule has 0 unspecified atom stereocenters. The van der Waals surface area contributed by atoms with Gasteiger partial charge in [-0.3, -0.25) is 0 Å². The number of thiophene rings is 1. The van der Waals surface area contributed by atoms with Crippen LogP contribution in [-0.2, 0) is 0 Å². The molecule has 108 valence electrons. The van der Waals surface area contributed by atoms with Gasteiger partial charge in [-0.1, -0.05) is 0 Å². The maximum atomic E-state index is 13.1. The summed E-state index contributed by atoms with van der Waals surface area (Å²) in [4.78, 5) is 4.75. The van der Waals surface area contributed by atoms with Crippen LogP contribution in [0.3, 0.4) is 0 Å². The average Bonchev–Trinajstić information content (AvgIpc) is 3.16. The van der Waals surface area contributed by atoms with E-state index >= 15 is 0 Å². The molecule has 0 spiro atoms. The van der Waals surface area contributed by atoms with E-state index < -0.39 is 0 Å². The third kappa shape index (κ3) is 2.22. The molecule has 2 nitrogen and oxygen atoms in total. The Kier molecular flexibility index (Phi) is 3.05. The van der Waals surface area contributed by atoms with E-state index in [0.29, 0.717) is 0 Å². The number of fused-ring (bicyclic) bond motifs is 1. The third-order valence-corrected chi connectivity index (χ3v) is 4.34. The summed E-state index contributed by atoms with van der Waals surface area (Å²) in [6, 6.07) is 10.7. The Labute approximate surface area is 131 Å². The van der Waals surface area contributed by atoms with Gasteiger partial charge >= 0.3 is 0 Å². The molecule has 0 aliphatic heterocycles. The predicted molar refractivity (Wildman–Crippen MR) is 88.6 cm³/mol. The van der Waals surface area contributed by atoms with Gasteiger partial charge in [0.1, 0.15) is 11.5 Å². The number of imidazole rings is 1. The summed E-state index contributed by atoms with van der Waals surface area (Å²) in [6.45, 7) is 2.08. The number of benzene rings is 1. The van der Waals surface area contributed by atoms with E-state index in [4.69, 9.17) is 4.98 Å². The number of aryl methyl sites for hydroxylation is 1. The molecule has 0 N–H and O–H groups in total. The van der Waals surface area contributed by atoms with Crippen LogP contribution in [0, 0.1) is 12.7 Å². The molecule has 3 heterocycles. The summed E-state index contributed by atoms with van der Waals surface area (Å²) in [5.74, 6) is -0.234. The van der Waals surface area contributed by atoms with E-state index in [1.165, 1.54) is 23.3 Å². The minimum atomic E-state index is -0.234. The molecule has 0 radical (unpaired) electrons. The first kappa shape index (κ1) is 13.2. The zero-order valence-electron chi connectivity index (χ0n) is 12.0. The molecule has 0 atom stereocenters. The van der Waals surface area contributed by atoms with Crippen molar-refractivity contribution in [3.05, 3.63) is 70.9 Å². The Bertz CT molecular complexity index is 937. The van der Waals surface area contributed by atoms with E-state index in [9.17, 15) is 4.39 Å². The molecular weight excluding hydrogens is 295 g/mol. The van der Waals surface area contributed by atoms with Gasteiger partial charge in [-0.2, -0.15) is 11.3 Å². The first-order valence-electron chi connectivity index (χ1n) is 6.98. The van der Waals surface area contributed by atoms with Crippen molar-refractivity contribution in [3.63, 3.8) is 0 Å². The lowest BCUT2D eigenvalue weighted by atomic mass is 10.1. The number of nitrogens with zero attached hydrogens (tertiary/aromatic N) is 2. The fourth-order valence-corrected chi connectivity index (χ4v) is 3.29. The highest BCUT2D eigenvalue weighted by molar-refractivity contribution is 7.08. The van der Waals surface area contributed by atoms with Crippen molar-refractivity contribution in [1.82, 2.24) is 9.38 Å². The van der Waals surface area contributed by atoms with Crippen LogP contribution in [0.2, 0.25) is 0 Å². The summed E-state index contributed by atoms with van der Waals surface area (Å²) in [5.41, 5.74) is 6.16. The molecule has 0 fully saturated rings. The smallest absolute Gasteiger partial charge is 0.145 e. The van der Waals surface area contributed by atoms with Crippen LogP contribution in [0.4, 0.5) is 4.39 Å². The van der Waals surface area contributed by atoms with Gasteiger partial charge in [0.05, 0.1) is 5.69 Å². The van der Waals surface area contributed by atoms with Gasteiger partial charge in [0, 0.05) is 23.5 Å². The molecule has 0 amide bonds. The molecule has 22 heavy (non-hydrogen) atoms. The summed E-state index contributed by atoms with van der Waals surface area (Å²) in [5, 5.41) is 4.19. The number of hydrogen-bond donors (Lipinski definition) is 0. The Balaban J connectivity index is 1.94. The monoisotopic (exact) mass is 308 g/mol. The highest BCUT2D eigenvalue weighted by atomic mass is 32.1. The van der Waals surface area contributed by atoms with Crippen molar-refractivity contribution in [2.24, 2.45) is 0 Å². The van der Waals surface area contributed by atoms with Crippen LogP contribution in [0.1, 0.15) is 5.56 Å². The van der Waals surface area contributed by atoms with Gasteiger partial charge in [0.25, 0.3) is 0 Å². The van der Waals surface area contributed by atoms with Crippen LogP contribution < -0.4 is 0 Å². The minimum Gasteiger partial charge on any atom is -0.306 e. The lowest BCUT2D eigenvalue weighted by Gasteiger charge is -2.03. The zero-order valence-corrected chi connectivity index (χ0v) is 12.8. The first-order chi connectivity index (χ1) is 10.7. The lowest BCUT2D eigenvalue weighted by Crippen LogP contribution is -1.88. The number of aromatic nitrogens is 2. The van der Waals surface area contributed by atoms with Crippen LogP contribution >= 0.6 is 11.3 Å². The van der Waals surface area contributed by atoms with Gasteiger partial charge < -0.3 is 4.40 Å². The normalized spacial score (nSPS) is 11.2. The molecule has 3 aromatic heterocycles. The maximum Gasteiger partial charge on any atom is 0.145 e. The fourth-order valence-electron chi connectivity index (χ4n) is 2.63. The van der Waals surface area contributed by atoms with Crippen molar-refractivity contribution < 1.29 is 4.39 Å². The van der Waals surface area contributed by atoms with Crippen LogP contribution in [-0.4, -0.2) is 9.38 Å². The van der Waals surface area contributed by atoms with Crippen molar-refractivity contribution in [1.29, 1.82) is 0 Å². The van der Waals surface area contributed by atoms with Gasteiger partial charge in [-0.05, 0) is 65.2 Å². The summed E-state index contributed by atoms with van der Waals surface area (Å²) >= 11 is 1.67. The summed E-state index contributed by atoms with van der Waals surface area (Å²) in [7, 11) is 0. The second kappa shape index (κ2) is 5.07. The van der Waals surface area contributed by atoms with E-state index in [0.717, 1.165) is 22.5 Å². The Morgan fingerprint density at radius 1 is 1.05 bits per heavy atom. The summed E-state index contributed by atoms with van der Waals surface area (Å²) in [6.07, 6.45) is 4.05. The maximum absolute atomic E-state index is 13.1. The third-order valence-electron chi connectivity index (χ3n) is 3.66. The molecule has 4 aromatic rings. The van der Waals surface area contributed by atoms with Crippen molar-refractivity contribution in [2.45, 2.75) is 6.92 Å². The quantitative estimate of drug-likeness (QED) is 0.499. The minimum absolute atomic E-state index is 0.234. The standard InChI is InChI=1S/C18H13FN2S/c1-12-8-16(14-6-7-22-11-14)18-20-17(10-21(18)9-12)13-2-4-15(19)5-3-13/h2-11H,1H3. The highest BCUT2D eigenvalue weighted by Gasteiger charge is 2.11. The second-order valence-electron chi connectivity index (χ2n) is 5.31. The first-order valence-corrected chi connectivity index (χ1v) is 7.93. The second-order valence-corrected chi connectivity index (χ2v) is 6.09. The van der Waals surface area contributed by atoms with E-state index in [1.54, 1.807) is 23.5 Å². The Morgan fingerprint density at radius 2 is 1.86 bits per heavy atom. The topological polar surface area (TPSA) is 17.3 Å².